The molecule has 4 nitrogen and oxygen atoms in total. The van der Waals surface area contributed by atoms with Crippen molar-refractivity contribution in [1.29, 1.82) is 0 Å². The maximum atomic E-state index is 11.3. The molecule has 0 spiro atoms. The summed E-state index contributed by atoms with van der Waals surface area (Å²) in [5, 5.41) is 7.95. The number of ether oxygens (including phenoxy) is 1. The fourth-order valence-corrected chi connectivity index (χ4v) is 2.44. The van der Waals surface area contributed by atoms with Crippen LogP contribution < -0.4 is 15.4 Å². The molecule has 1 saturated heterocycles. The van der Waals surface area contributed by atoms with Crippen molar-refractivity contribution < 1.29 is 9.53 Å². The molecule has 1 aliphatic rings. The van der Waals surface area contributed by atoms with Crippen molar-refractivity contribution >= 4 is 16.8 Å². The van der Waals surface area contributed by atoms with Crippen molar-refractivity contribution in [2.24, 2.45) is 0 Å². The lowest BCUT2D eigenvalue weighted by molar-refractivity contribution is 0.247. The van der Waals surface area contributed by atoms with Gasteiger partial charge in [-0.15, -0.1) is 0 Å². The van der Waals surface area contributed by atoms with Crippen LogP contribution >= 0.6 is 0 Å². The summed E-state index contributed by atoms with van der Waals surface area (Å²) >= 11 is 0. The van der Waals surface area contributed by atoms with Gasteiger partial charge in [0.05, 0.1) is 13.2 Å². The Morgan fingerprint density at radius 3 is 2.78 bits per heavy atom. The number of rotatable bonds is 2. The number of nitrogens with one attached hydrogen (secondary N) is 2. The molecule has 0 saturated carbocycles. The zero-order chi connectivity index (χ0) is 12.5. The smallest absolute Gasteiger partial charge is 0.315 e. The van der Waals surface area contributed by atoms with Crippen molar-refractivity contribution in [1.82, 2.24) is 10.6 Å². The maximum Gasteiger partial charge on any atom is 0.315 e. The van der Waals surface area contributed by atoms with Crippen LogP contribution in [-0.2, 0) is 0 Å². The van der Waals surface area contributed by atoms with E-state index < -0.39 is 0 Å². The van der Waals surface area contributed by atoms with Crippen molar-refractivity contribution in [3.63, 3.8) is 0 Å². The van der Waals surface area contributed by atoms with E-state index in [-0.39, 0.29) is 12.1 Å². The van der Waals surface area contributed by atoms with Gasteiger partial charge in [-0.25, -0.2) is 4.79 Å². The topological polar surface area (TPSA) is 50.4 Å². The molecule has 0 unspecified atom stereocenters. The van der Waals surface area contributed by atoms with Gasteiger partial charge in [-0.1, -0.05) is 30.3 Å². The van der Waals surface area contributed by atoms with Crippen LogP contribution in [0.4, 0.5) is 4.79 Å². The Kier molecular flexibility index (Phi) is 2.55. The second kappa shape index (κ2) is 4.22. The van der Waals surface area contributed by atoms with E-state index in [0.717, 1.165) is 22.1 Å². The number of urea groups is 1. The van der Waals surface area contributed by atoms with E-state index in [0.29, 0.717) is 6.54 Å². The molecule has 0 aliphatic carbocycles. The van der Waals surface area contributed by atoms with Gasteiger partial charge in [0.15, 0.2) is 0 Å². The SMILES string of the molecule is COc1ccc2ccccc2c1[C@H]1CNC(=O)N1. The van der Waals surface area contributed by atoms with E-state index in [2.05, 4.69) is 22.8 Å². The molecule has 1 heterocycles. The van der Waals surface area contributed by atoms with E-state index in [9.17, 15) is 4.79 Å². The Bertz CT molecular complexity index is 610. The fourth-order valence-electron chi connectivity index (χ4n) is 2.44. The number of hydrogen-bond donors (Lipinski definition) is 2. The average molecular weight is 242 g/mol. The van der Waals surface area contributed by atoms with E-state index in [1.165, 1.54) is 0 Å². The summed E-state index contributed by atoms with van der Waals surface area (Å²) in [4.78, 5) is 11.3. The van der Waals surface area contributed by atoms with Crippen LogP contribution in [0.5, 0.6) is 5.75 Å². The van der Waals surface area contributed by atoms with E-state index >= 15 is 0 Å². The first-order valence-corrected chi connectivity index (χ1v) is 5.89. The third-order valence-corrected chi connectivity index (χ3v) is 3.27. The van der Waals surface area contributed by atoms with Crippen LogP contribution in [0.15, 0.2) is 36.4 Å². The first-order chi connectivity index (χ1) is 8.79. The lowest BCUT2D eigenvalue weighted by atomic mass is 9.98. The molecule has 4 heteroatoms. The van der Waals surface area contributed by atoms with Gasteiger partial charge in [0.2, 0.25) is 0 Å². The second-order valence-corrected chi connectivity index (χ2v) is 4.31. The molecule has 1 fully saturated rings. The minimum atomic E-state index is -0.130. The number of hydrogen-bond acceptors (Lipinski definition) is 2. The number of methoxy groups -OCH3 is 1. The van der Waals surface area contributed by atoms with Crippen LogP contribution in [-0.4, -0.2) is 19.7 Å². The Morgan fingerprint density at radius 2 is 2.06 bits per heavy atom. The Morgan fingerprint density at radius 1 is 1.22 bits per heavy atom. The molecule has 2 aromatic carbocycles. The molecule has 2 amide bonds. The molecular weight excluding hydrogens is 228 g/mol. The molecular formula is C14H14N2O2. The molecule has 1 aliphatic heterocycles. The lowest BCUT2D eigenvalue weighted by Crippen LogP contribution is -2.22. The van der Waals surface area contributed by atoms with Crippen LogP contribution in [0.1, 0.15) is 11.6 Å². The fraction of sp³-hybridized carbons (Fsp3) is 0.214. The number of amides is 2. The molecule has 1 atom stereocenters. The monoisotopic (exact) mass is 242 g/mol. The van der Waals surface area contributed by atoms with E-state index in [1.54, 1.807) is 7.11 Å². The number of carbonyl (C=O) groups excluding carboxylic acids is 1. The van der Waals surface area contributed by atoms with Crippen LogP contribution in [0.2, 0.25) is 0 Å². The molecule has 0 radical (unpaired) electrons. The number of fused-ring (bicyclic) bond motifs is 1. The van der Waals surface area contributed by atoms with Crippen molar-refractivity contribution in [2.75, 3.05) is 13.7 Å². The van der Waals surface area contributed by atoms with Gasteiger partial charge in [0.25, 0.3) is 0 Å². The first-order valence-electron chi connectivity index (χ1n) is 5.89. The number of benzene rings is 2. The van der Waals surface area contributed by atoms with Gasteiger partial charge in [0, 0.05) is 12.1 Å². The predicted octanol–water partition coefficient (Wildman–Crippen LogP) is 2.20. The van der Waals surface area contributed by atoms with Gasteiger partial charge < -0.3 is 15.4 Å². The molecule has 0 bridgehead atoms. The summed E-state index contributed by atoms with van der Waals surface area (Å²) in [7, 11) is 1.65. The van der Waals surface area contributed by atoms with Crippen molar-refractivity contribution in [3.8, 4) is 5.75 Å². The standard InChI is InChI=1S/C14H14N2O2/c1-18-12-7-6-9-4-2-3-5-10(9)13(12)11-8-15-14(17)16-11/h2-7,11H,8H2,1H3,(H2,15,16,17)/t11-/m1/s1. The summed E-state index contributed by atoms with van der Waals surface area (Å²) in [6.07, 6.45) is 0. The number of carbonyl (C=O) groups is 1. The lowest BCUT2D eigenvalue weighted by Gasteiger charge is -2.16. The van der Waals surface area contributed by atoms with Crippen molar-refractivity contribution in [2.45, 2.75) is 6.04 Å². The maximum absolute atomic E-state index is 11.3. The molecule has 2 N–H and O–H groups in total. The largest absolute Gasteiger partial charge is 0.496 e. The summed E-state index contributed by atoms with van der Waals surface area (Å²) in [5.41, 5.74) is 1.04. The normalized spacial score (nSPS) is 18.5. The first kappa shape index (κ1) is 10.9. The highest BCUT2D eigenvalue weighted by atomic mass is 16.5. The van der Waals surface area contributed by atoms with Gasteiger partial charge in [-0.05, 0) is 16.8 Å². The third kappa shape index (κ3) is 1.66. The van der Waals surface area contributed by atoms with Crippen LogP contribution in [0.3, 0.4) is 0 Å². The highest BCUT2D eigenvalue weighted by molar-refractivity contribution is 5.89. The predicted molar refractivity (Wildman–Crippen MR) is 69.8 cm³/mol. The van der Waals surface area contributed by atoms with Crippen LogP contribution in [0, 0.1) is 0 Å². The van der Waals surface area contributed by atoms with Gasteiger partial charge in [-0.3, -0.25) is 0 Å². The Balaban J connectivity index is 2.20. The second-order valence-electron chi connectivity index (χ2n) is 4.31. The summed E-state index contributed by atoms with van der Waals surface area (Å²) in [6.45, 7) is 0.587. The molecule has 2 aromatic rings. The zero-order valence-corrected chi connectivity index (χ0v) is 10.1. The highest BCUT2D eigenvalue weighted by Crippen LogP contribution is 2.33. The van der Waals surface area contributed by atoms with Gasteiger partial charge in [-0.2, -0.15) is 0 Å². The Hall–Kier alpha value is -2.23. The average Bonchev–Trinajstić information content (AvgIpc) is 2.83. The highest BCUT2D eigenvalue weighted by Gasteiger charge is 2.26. The third-order valence-electron chi connectivity index (χ3n) is 3.27. The molecule has 3 rings (SSSR count). The Labute approximate surface area is 105 Å². The van der Waals surface area contributed by atoms with E-state index in [1.807, 2.05) is 24.3 Å². The van der Waals surface area contributed by atoms with Gasteiger partial charge >= 0.3 is 6.03 Å². The summed E-state index contributed by atoms with van der Waals surface area (Å²) < 4.78 is 5.42. The summed E-state index contributed by atoms with van der Waals surface area (Å²) in [6, 6.07) is 11.9. The van der Waals surface area contributed by atoms with Gasteiger partial charge in [0.1, 0.15) is 5.75 Å². The summed E-state index contributed by atoms with van der Waals surface area (Å²) in [5.74, 6) is 0.808. The molecule has 18 heavy (non-hydrogen) atoms. The zero-order valence-electron chi connectivity index (χ0n) is 10.1. The van der Waals surface area contributed by atoms with Crippen LogP contribution in [0.25, 0.3) is 10.8 Å². The van der Waals surface area contributed by atoms with E-state index in [4.69, 9.17) is 4.74 Å². The van der Waals surface area contributed by atoms with Crippen molar-refractivity contribution in [3.05, 3.63) is 42.0 Å². The molecule has 0 aromatic heterocycles. The molecule has 92 valence electrons. The quantitative estimate of drug-likeness (QED) is 0.848. The minimum Gasteiger partial charge on any atom is -0.496 e. The minimum absolute atomic E-state index is 0.0430.